The zero-order valence-corrected chi connectivity index (χ0v) is 25.9. The van der Waals surface area contributed by atoms with Gasteiger partial charge in [-0.1, -0.05) is 60.2 Å². The van der Waals surface area contributed by atoms with Crippen LogP contribution in [0.25, 0.3) is 11.3 Å². The summed E-state index contributed by atoms with van der Waals surface area (Å²) >= 11 is 1.43. The van der Waals surface area contributed by atoms with Gasteiger partial charge >= 0.3 is 0 Å². The molecule has 1 aliphatic heterocycles. The lowest BCUT2D eigenvalue weighted by atomic mass is 10.1. The van der Waals surface area contributed by atoms with E-state index in [1.807, 2.05) is 52.7 Å². The maximum atomic E-state index is 13.3. The van der Waals surface area contributed by atoms with Crippen LogP contribution in [0.2, 0.25) is 0 Å². The average molecular weight is 598 g/mol. The lowest BCUT2D eigenvalue weighted by molar-refractivity contribution is -0.118. The van der Waals surface area contributed by atoms with Crippen molar-refractivity contribution in [2.24, 2.45) is 0 Å². The zero-order valence-electron chi connectivity index (χ0n) is 25.1. The summed E-state index contributed by atoms with van der Waals surface area (Å²) in [6.07, 6.45) is 0.839. The summed E-state index contributed by atoms with van der Waals surface area (Å²) in [7, 11) is 1.68. The number of nitrogens with one attached hydrogen (secondary N) is 1. The van der Waals surface area contributed by atoms with Gasteiger partial charge in [-0.05, 0) is 42.7 Å². The summed E-state index contributed by atoms with van der Waals surface area (Å²) in [6, 6.07) is 24.4. The fourth-order valence-corrected chi connectivity index (χ4v) is 6.13. The maximum absolute atomic E-state index is 13.3. The van der Waals surface area contributed by atoms with Gasteiger partial charge in [0.2, 0.25) is 11.8 Å². The van der Waals surface area contributed by atoms with Crippen molar-refractivity contribution in [3.63, 3.8) is 0 Å². The van der Waals surface area contributed by atoms with Crippen LogP contribution in [-0.4, -0.2) is 66.4 Å². The van der Waals surface area contributed by atoms with E-state index in [-0.39, 0.29) is 18.4 Å². The quantitative estimate of drug-likeness (QED) is 0.289. The fourth-order valence-electron chi connectivity index (χ4n) is 5.39. The van der Waals surface area contributed by atoms with Crippen LogP contribution in [0.1, 0.15) is 30.0 Å². The van der Waals surface area contributed by atoms with E-state index in [1.165, 1.54) is 22.5 Å². The first-order valence-electron chi connectivity index (χ1n) is 14.6. The Morgan fingerprint density at radius 2 is 1.74 bits per heavy atom. The van der Waals surface area contributed by atoms with E-state index in [0.29, 0.717) is 24.8 Å². The minimum absolute atomic E-state index is 0.0171. The number of thiazole rings is 1. The second kappa shape index (κ2) is 14.4. The molecule has 224 valence electrons. The number of hydrogen-bond donors (Lipinski definition) is 1. The molecule has 8 nitrogen and oxygen atoms in total. The molecule has 1 aliphatic rings. The minimum atomic E-state index is -0.111. The highest BCUT2D eigenvalue weighted by Crippen LogP contribution is 2.26. The van der Waals surface area contributed by atoms with Gasteiger partial charge in [0.15, 0.2) is 5.13 Å². The van der Waals surface area contributed by atoms with Crippen molar-refractivity contribution in [3.05, 3.63) is 94.9 Å². The summed E-state index contributed by atoms with van der Waals surface area (Å²) in [5.41, 5.74) is 6.17. The van der Waals surface area contributed by atoms with Gasteiger partial charge in [-0.15, -0.1) is 11.3 Å². The van der Waals surface area contributed by atoms with E-state index in [4.69, 9.17) is 4.74 Å². The number of aromatic nitrogens is 1. The predicted molar refractivity (Wildman–Crippen MR) is 174 cm³/mol. The number of carbonyl (C=O) groups excluding carboxylic acids is 2. The maximum Gasteiger partial charge on any atom is 0.240 e. The molecule has 3 aromatic carbocycles. The average Bonchev–Trinajstić information content (AvgIpc) is 3.45. The predicted octanol–water partition coefficient (Wildman–Crippen LogP) is 5.83. The highest BCUT2D eigenvalue weighted by atomic mass is 32.1. The minimum Gasteiger partial charge on any atom is -0.497 e. The van der Waals surface area contributed by atoms with Crippen LogP contribution in [0.4, 0.5) is 10.8 Å². The summed E-state index contributed by atoms with van der Waals surface area (Å²) in [6.45, 7) is 8.12. The van der Waals surface area contributed by atoms with Gasteiger partial charge in [-0.3, -0.25) is 19.4 Å². The third-order valence-corrected chi connectivity index (χ3v) is 8.41. The molecule has 9 heteroatoms. The third kappa shape index (κ3) is 8.28. The molecule has 2 amide bonds. The number of benzene rings is 3. The van der Waals surface area contributed by atoms with E-state index in [0.717, 1.165) is 54.3 Å². The summed E-state index contributed by atoms with van der Waals surface area (Å²) < 4.78 is 5.44. The molecule has 0 atom stereocenters. The molecule has 0 spiro atoms. The molecule has 0 unspecified atom stereocenters. The molecule has 4 aromatic rings. The Hall–Kier alpha value is -4.05. The molecule has 1 N–H and O–H groups in total. The number of methoxy groups -OCH3 is 1. The summed E-state index contributed by atoms with van der Waals surface area (Å²) in [5.74, 6) is 0.739. The molecule has 0 saturated carbocycles. The van der Waals surface area contributed by atoms with Crippen LogP contribution in [0.15, 0.2) is 78.2 Å². The second-order valence-corrected chi connectivity index (χ2v) is 11.8. The first-order valence-corrected chi connectivity index (χ1v) is 15.5. The Bertz CT molecular complexity index is 1540. The Morgan fingerprint density at radius 1 is 0.953 bits per heavy atom. The van der Waals surface area contributed by atoms with Gasteiger partial charge in [0.25, 0.3) is 0 Å². The summed E-state index contributed by atoms with van der Waals surface area (Å²) in [4.78, 5) is 37.2. The molecule has 0 saturated heterocycles. The van der Waals surface area contributed by atoms with Crippen LogP contribution in [0.5, 0.6) is 5.75 Å². The van der Waals surface area contributed by atoms with Crippen LogP contribution < -0.4 is 15.0 Å². The molecule has 43 heavy (non-hydrogen) atoms. The standard InChI is InChI=1S/C34H39N5O3S/c1-25-12-14-28(15-13-25)31-24-43-34(35-31)36-33(41)23-38-19-18-37(21-27-8-6-10-30(20-27)42-3)16-7-17-39(26(2)40)32-11-5-4-9-29(32)22-38/h4-6,8-15,20,24H,7,16-19,21-23H2,1-3H3,(H,35,36,41). The van der Waals surface area contributed by atoms with Gasteiger partial charge in [0, 0.05) is 62.8 Å². The zero-order chi connectivity index (χ0) is 30.2. The second-order valence-electron chi connectivity index (χ2n) is 10.9. The molecular formula is C34H39N5O3S. The topological polar surface area (TPSA) is 78.0 Å². The largest absolute Gasteiger partial charge is 0.497 e. The van der Waals surface area contributed by atoms with Gasteiger partial charge in [0.05, 0.1) is 19.3 Å². The molecule has 5 rings (SSSR count). The van der Waals surface area contributed by atoms with Crippen molar-refractivity contribution in [2.45, 2.75) is 33.4 Å². The van der Waals surface area contributed by atoms with E-state index in [1.54, 1.807) is 14.0 Å². The molecule has 0 radical (unpaired) electrons. The Morgan fingerprint density at radius 3 is 2.53 bits per heavy atom. The smallest absolute Gasteiger partial charge is 0.240 e. The van der Waals surface area contributed by atoms with Crippen LogP contribution in [0.3, 0.4) is 0 Å². The fraction of sp³-hybridized carbons (Fsp3) is 0.324. The van der Waals surface area contributed by atoms with Crippen LogP contribution in [0, 0.1) is 6.92 Å². The highest BCUT2D eigenvalue weighted by Gasteiger charge is 2.21. The van der Waals surface area contributed by atoms with Crippen LogP contribution >= 0.6 is 11.3 Å². The van der Waals surface area contributed by atoms with Gasteiger partial charge in [-0.25, -0.2) is 4.98 Å². The number of ether oxygens (including phenoxy) is 1. The van der Waals surface area contributed by atoms with E-state index in [9.17, 15) is 9.59 Å². The lowest BCUT2D eigenvalue weighted by Gasteiger charge is -2.27. The summed E-state index contributed by atoms with van der Waals surface area (Å²) in [5, 5.41) is 5.57. The monoisotopic (exact) mass is 597 g/mol. The Balaban J connectivity index is 1.34. The normalized spacial score (nSPS) is 14.9. The molecular weight excluding hydrogens is 558 g/mol. The number of para-hydroxylation sites is 1. The van der Waals surface area contributed by atoms with Crippen molar-refractivity contribution >= 4 is 34.0 Å². The van der Waals surface area contributed by atoms with E-state index in [2.05, 4.69) is 57.4 Å². The molecule has 0 fully saturated rings. The number of amides is 2. The number of aryl methyl sites for hydroxylation is 1. The van der Waals surface area contributed by atoms with Gasteiger partial charge in [-0.2, -0.15) is 0 Å². The number of anilines is 2. The van der Waals surface area contributed by atoms with Gasteiger partial charge in [0.1, 0.15) is 5.75 Å². The highest BCUT2D eigenvalue weighted by molar-refractivity contribution is 7.14. The number of hydrogen-bond acceptors (Lipinski definition) is 7. The first-order chi connectivity index (χ1) is 20.9. The molecule has 2 heterocycles. The first kappa shape index (κ1) is 30.4. The SMILES string of the molecule is COc1cccc(CN2CCCN(C(C)=O)c3ccccc3CN(CC(=O)Nc3nc(-c4ccc(C)cc4)cs3)CC2)c1. The Kier molecular flexibility index (Phi) is 10.2. The molecule has 0 bridgehead atoms. The molecule has 1 aromatic heterocycles. The number of fused-ring (bicyclic) bond motifs is 1. The van der Waals surface area contributed by atoms with Crippen molar-refractivity contribution < 1.29 is 14.3 Å². The van der Waals surface area contributed by atoms with E-state index < -0.39 is 0 Å². The van der Waals surface area contributed by atoms with Crippen molar-refractivity contribution in [2.75, 3.05) is 50.1 Å². The number of rotatable bonds is 7. The number of nitrogens with zero attached hydrogens (tertiary/aromatic N) is 4. The molecule has 0 aliphatic carbocycles. The van der Waals surface area contributed by atoms with Crippen molar-refractivity contribution in [1.82, 2.24) is 14.8 Å². The van der Waals surface area contributed by atoms with Gasteiger partial charge < -0.3 is 15.0 Å². The van der Waals surface area contributed by atoms with Crippen molar-refractivity contribution in [3.8, 4) is 17.0 Å². The van der Waals surface area contributed by atoms with Crippen LogP contribution in [-0.2, 0) is 22.7 Å². The van der Waals surface area contributed by atoms with E-state index >= 15 is 0 Å². The van der Waals surface area contributed by atoms with Crippen molar-refractivity contribution in [1.29, 1.82) is 0 Å². The number of carbonyl (C=O) groups is 2. The lowest BCUT2D eigenvalue weighted by Crippen LogP contribution is -2.39. The Labute approximate surface area is 257 Å². The third-order valence-electron chi connectivity index (χ3n) is 7.65.